The number of benzene rings is 1. The lowest BCUT2D eigenvalue weighted by atomic mass is 9.83. The van der Waals surface area contributed by atoms with Crippen molar-refractivity contribution in [2.24, 2.45) is 5.92 Å². The second kappa shape index (κ2) is 10.7. The highest BCUT2D eigenvalue weighted by molar-refractivity contribution is 6.31. The smallest absolute Gasteiger partial charge is 0.222 e. The topological polar surface area (TPSA) is 67.6 Å². The normalized spacial score (nSPS) is 27.2. The van der Waals surface area contributed by atoms with Gasteiger partial charge >= 0.3 is 0 Å². The summed E-state index contributed by atoms with van der Waals surface area (Å²) in [6, 6.07) is 6.17. The number of rotatable bonds is 7. The third-order valence-corrected chi connectivity index (χ3v) is 8.17. The Morgan fingerprint density at radius 1 is 1.12 bits per heavy atom. The number of likely N-dealkylation sites (tertiary alicyclic amines) is 1. The van der Waals surface area contributed by atoms with Crippen molar-refractivity contribution < 1.29 is 14.1 Å². The van der Waals surface area contributed by atoms with Gasteiger partial charge in [0.25, 0.3) is 0 Å². The van der Waals surface area contributed by atoms with Gasteiger partial charge in [-0.1, -0.05) is 16.8 Å². The maximum atomic E-state index is 12.3. The molecular weight excluding hydrogens is 438 g/mol. The van der Waals surface area contributed by atoms with Crippen LogP contribution in [0.25, 0.3) is 11.0 Å². The molecule has 1 aliphatic carbocycles. The Morgan fingerprint density at radius 3 is 2.70 bits per heavy atom. The average Bonchev–Trinajstić information content (AvgIpc) is 3.48. The number of hydrogen-bond donors (Lipinski definition) is 1. The van der Waals surface area contributed by atoms with Gasteiger partial charge < -0.3 is 19.5 Å². The van der Waals surface area contributed by atoms with E-state index >= 15 is 0 Å². The molecule has 3 fully saturated rings. The Labute approximate surface area is 201 Å². The molecule has 2 aromatic rings. The molecule has 1 aromatic heterocycles. The molecule has 1 atom stereocenters. The van der Waals surface area contributed by atoms with Gasteiger partial charge in [-0.2, -0.15) is 0 Å². The molecule has 1 amide bonds. The number of nitrogens with zero attached hydrogens (tertiary/aromatic N) is 2. The van der Waals surface area contributed by atoms with E-state index in [1.165, 1.54) is 25.8 Å². The second-order valence-corrected chi connectivity index (χ2v) is 10.7. The fraction of sp³-hybridized carbons (Fsp3) is 0.692. The fourth-order valence-corrected chi connectivity index (χ4v) is 6.08. The Kier molecular flexibility index (Phi) is 7.53. The first-order valence-electron chi connectivity index (χ1n) is 12.8. The van der Waals surface area contributed by atoms with Crippen LogP contribution in [0.5, 0.6) is 0 Å². The molecule has 0 radical (unpaired) electrons. The van der Waals surface area contributed by atoms with Crippen LogP contribution in [0.15, 0.2) is 22.7 Å². The van der Waals surface area contributed by atoms with E-state index in [-0.39, 0.29) is 12.0 Å². The van der Waals surface area contributed by atoms with Gasteiger partial charge in [-0.25, -0.2) is 0 Å². The molecule has 3 heterocycles. The van der Waals surface area contributed by atoms with E-state index in [0.29, 0.717) is 23.4 Å². The number of fused-ring (bicyclic) bond motifs is 1. The minimum absolute atomic E-state index is 0.145. The fourth-order valence-electron chi connectivity index (χ4n) is 5.91. The zero-order chi connectivity index (χ0) is 22.6. The van der Waals surface area contributed by atoms with Crippen molar-refractivity contribution in [3.63, 3.8) is 0 Å². The molecular formula is C26H36ClN3O3. The number of aromatic nitrogens is 1. The first kappa shape index (κ1) is 23.1. The van der Waals surface area contributed by atoms with Crippen molar-refractivity contribution in [1.82, 2.24) is 15.4 Å². The number of amides is 1. The predicted octanol–water partition coefficient (Wildman–Crippen LogP) is 5.29. The van der Waals surface area contributed by atoms with Crippen LogP contribution in [-0.2, 0) is 9.53 Å². The Morgan fingerprint density at radius 2 is 1.94 bits per heavy atom. The van der Waals surface area contributed by atoms with Gasteiger partial charge in [0.1, 0.15) is 0 Å². The number of ether oxygens (including phenoxy) is 1. The lowest BCUT2D eigenvalue weighted by Gasteiger charge is -2.34. The van der Waals surface area contributed by atoms with E-state index < -0.39 is 0 Å². The van der Waals surface area contributed by atoms with Crippen LogP contribution in [0, 0.1) is 5.92 Å². The summed E-state index contributed by atoms with van der Waals surface area (Å²) < 4.78 is 11.1. The largest absolute Gasteiger partial charge is 0.378 e. The predicted molar refractivity (Wildman–Crippen MR) is 130 cm³/mol. The molecule has 1 N–H and O–H groups in total. The number of carbonyl (C=O) groups excluding carboxylic acids is 1. The Balaban J connectivity index is 1.00. The molecule has 1 aromatic carbocycles. The summed E-state index contributed by atoms with van der Waals surface area (Å²) in [4.78, 5) is 14.9. The van der Waals surface area contributed by atoms with Gasteiger partial charge in [-0.05, 0) is 95.5 Å². The SMILES string of the molecule is O=C(CC1CCCO1)N[C@H]1CC[C@H](CCN2CCC(c3noc4cc(Cl)ccc34)CC2)CC1. The highest BCUT2D eigenvalue weighted by Gasteiger charge is 2.27. The monoisotopic (exact) mass is 473 g/mol. The van der Waals surface area contributed by atoms with Gasteiger partial charge in [-0.3, -0.25) is 4.79 Å². The first-order valence-corrected chi connectivity index (χ1v) is 13.2. The van der Waals surface area contributed by atoms with Crippen molar-refractivity contribution in [1.29, 1.82) is 0 Å². The van der Waals surface area contributed by atoms with E-state index in [2.05, 4.69) is 15.4 Å². The first-order chi connectivity index (χ1) is 16.1. The van der Waals surface area contributed by atoms with E-state index in [4.69, 9.17) is 20.9 Å². The molecule has 5 rings (SSSR count). The molecule has 180 valence electrons. The summed E-state index contributed by atoms with van der Waals surface area (Å²) in [5, 5.41) is 9.43. The van der Waals surface area contributed by atoms with Crippen molar-refractivity contribution in [2.45, 2.75) is 82.3 Å². The van der Waals surface area contributed by atoms with Gasteiger partial charge in [0, 0.05) is 35.0 Å². The maximum absolute atomic E-state index is 12.3. The highest BCUT2D eigenvalue weighted by Crippen LogP contribution is 2.34. The summed E-state index contributed by atoms with van der Waals surface area (Å²) in [7, 11) is 0. The molecule has 3 aliphatic rings. The number of piperidine rings is 1. The minimum atomic E-state index is 0.145. The van der Waals surface area contributed by atoms with Gasteiger partial charge in [0.05, 0.1) is 18.2 Å². The lowest BCUT2D eigenvalue weighted by molar-refractivity contribution is -0.124. The number of halogens is 1. The molecule has 2 saturated heterocycles. The second-order valence-electron chi connectivity index (χ2n) is 10.2. The van der Waals surface area contributed by atoms with Crippen LogP contribution in [0.4, 0.5) is 0 Å². The zero-order valence-electron chi connectivity index (χ0n) is 19.4. The summed E-state index contributed by atoms with van der Waals surface area (Å²) in [5.74, 6) is 1.44. The zero-order valence-corrected chi connectivity index (χ0v) is 20.2. The van der Waals surface area contributed by atoms with Crippen molar-refractivity contribution in [3.8, 4) is 0 Å². The molecule has 7 heteroatoms. The number of carbonyl (C=O) groups is 1. The quantitative estimate of drug-likeness (QED) is 0.591. The van der Waals surface area contributed by atoms with Crippen LogP contribution in [0.3, 0.4) is 0 Å². The van der Waals surface area contributed by atoms with Crippen molar-refractivity contribution in [2.75, 3.05) is 26.2 Å². The van der Waals surface area contributed by atoms with Crippen LogP contribution in [0.1, 0.15) is 75.8 Å². The van der Waals surface area contributed by atoms with Crippen molar-refractivity contribution in [3.05, 3.63) is 28.9 Å². The molecule has 0 bridgehead atoms. The summed E-state index contributed by atoms with van der Waals surface area (Å²) in [6.07, 6.45) is 11.0. The van der Waals surface area contributed by atoms with E-state index in [1.54, 1.807) is 0 Å². The molecule has 2 aliphatic heterocycles. The average molecular weight is 474 g/mol. The van der Waals surface area contributed by atoms with Crippen LogP contribution < -0.4 is 5.32 Å². The Hall–Kier alpha value is -1.63. The van der Waals surface area contributed by atoms with Crippen LogP contribution in [-0.4, -0.2) is 54.4 Å². The molecule has 1 unspecified atom stereocenters. The number of nitrogens with one attached hydrogen (secondary N) is 1. The summed E-state index contributed by atoms with van der Waals surface area (Å²) in [5.41, 5.74) is 1.89. The lowest BCUT2D eigenvalue weighted by Crippen LogP contribution is -2.39. The number of hydrogen-bond acceptors (Lipinski definition) is 5. The van der Waals surface area contributed by atoms with Gasteiger partial charge in [0.2, 0.25) is 5.91 Å². The summed E-state index contributed by atoms with van der Waals surface area (Å²) >= 11 is 6.08. The molecule has 1 saturated carbocycles. The standard InChI is InChI=1S/C26H36ClN3O3/c27-20-5-8-23-24(16-20)33-29-26(23)19-10-13-30(14-11-19)12-9-18-3-6-21(7-4-18)28-25(31)17-22-2-1-15-32-22/h5,8,16,18-19,21-22H,1-4,6-7,9-15,17H2,(H,28,31)/t18-,21-,22?. The third-order valence-electron chi connectivity index (χ3n) is 7.94. The summed E-state index contributed by atoms with van der Waals surface area (Å²) in [6.45, 7) is 4.25. The van der Waals surface area contributed by atoms with Gasteiger partial charge in [-0.15, -0.1) is 0 Å². The highest BCUT2D eigenvalue weighted by atomic mass is 35.5. The third kappa shape index (κ3) is 5.90. The van der Waals surface area contributed by atoms with Crippen molar-refractivity contribution >= 4 is 28.5 Å². The van der Waals surface area contributed by atoms with E-state index in [0.717, 1.165) is 80.8 Å². The van der Waals surface area contributed by atoms with E-state index in [9.17, 15) is 4.79 Å². The molecule has 33 heavy (non-hydrogen) atoms. The minimum Gasteiger partial charge on any atom is -0.378 e. The molecule has 0 spiro atoms. The van der Waals surface area contributed by atoms with E-state index in [1.807, 2.05) is 18.2 Å². The molecule has 6 nitrogen and oxygen atoms in total. The maximum Gasteiger partial charge on any atom is 0.222 e. The Bertz CT molecular complexity index is 926. The van der Waals surface area contributed by atoms with Gasteiger partial charge in [0.15, 0.2) is 5.58 Å². The van der Waals surface area contributed by atoms with Crippen LogP contribution in [0.2, 0.25) is 5.02 Å². The van der Waals surface area contributed by atoms with Crippen LogP contribution >= 0.6 is 11.6 Å².